The Hall–Kier alpha value is -4.36. The van der Waals surface area contributed by atoms with Crippen molar-refractivity contribution in [1.29, 1.82) is 0 Å². The molecule has 0 spiro atoms. The molecule has 0 unspecified atom stereocenters. The van der Waals surface area contributed by atoms with Crippen molar-refractivity contribution in [3.8, 4) is 23.0 Å². The number of aliphatic hydroxyl groups is 1. The van der Waals surface area contributed by atoms with Crippen LogP contribution in [-0.2, 0) is 20.3 Å². The summed E-state index contributed by atoms with van der Waals surface area (Å²) in [6, 6.07) is 30.6. The second-order valence-corrected chi connectivity index (χ2v) is 10.7. The maximum Gasteiger partial charge on any atom is 0.226 e. The van der Waals surface area contributed by atoms with Crippen molar-refractivity contribution in [2.45, 2.75) is 32.5 Å². The van der Waals surface area contributed by atoms with Crippen molar-refractivity contribution < 1.29 is 14.6 Å². The molecule has 0 atom stereocenters. The molecular formula is C34H36N4O3. The number of piperidine rings is 1. The van der Waals surface area contributed by atoms with E-state index in [0.717, 1.165) is 65.6 Å². The fraction of sp³-hybridized carbons (Fsp3) is 0.294. The van der Waals surface area contributed by atoms with Crippen molar-refractivity contribution in [3.05, 3.63) is 102 Å². The van der Waals surface area contributed by atoms with Gasteiger partial charge in [-0.15, -0.1) is 0 Å². The summed E-state index contributed by atoms with van der Waals surface area (Å²) in [4.78, 5) is 7.23. The van der Waals surface area contributed by atoms with E-state index in [1.54, 1.807) is 0 Å². The van der Waals surface area contributed by atoms with Crippen LogP contribution in [0.25, 0.3) is 22.2 Å². The summed E-state index contributed by atoms with van der Waals surface area (Å²) in [5.41, 5.74) is 6.08. The standard InChI is InChI=1S/C34H36N4O3/c1-37-31-22-28(38-19-16-25(17-20-38)18-21-39)12-13-29(31)33(36-37)30-14-15-32(40-23-26-8-4-2-5-9-26)35-34(30)41-24-27-10-6-3-7-11-27/h2-15,22,25,39H,16-21,23-24H2,1H3. The second kappa shape index (κ2) is 12.4. The molecular weight excluding hydrogens is 512 g/mol. The maximum absolute atomic E-state index is 9.30. The summed E-state index contributed by atoms with van der Waals surface area (Å²) >= 11 is 0. The van der Waals surface area contributed by atoms with Crippen LogP contribution in [0.1, 0.15) is 30.4 Å². The summed E-state index contributed by atoms with van der Waals surface area (Å²) in [7, 11) is 1.98. The highest BCUT2D eigenvalue weighted by Gasteiger charge is 2.22. The largest absolute Gasteiger partial charge is 0.473 e. The van der Waals surface area contributed by atoms with Crippen LogP contribution in [0.4, 0.5) is 5.69 Å². The second-order valence-electron chi connectivity index (χ2n) is 10.7. The van der Waals surface area contributed by atoms with Gasteiger partial charge in [0.1, 0.15) is 18.9 Å². The molecule has 3 heterocycles. The summed E-state index contributed by atoms with van der Waals surface area (Å²) < 4.78 is 14.3. The van der Waals surface area contributed by atoms with Gasteiger partial charge < -0.3 is 19.5 Å². The van der Waals surface area contributed by atoms with Gasteiger partial charge in [0.15, 0.2) is 0 Å². The topological polar surface area (TPSA) is 72.6 Å². The zero-order valence-electron chi connectivity index (χ0n) is 23.4. The number of nitrogens with zero attached hydrogens (tertiary/aromatic N) is 4. The van der Waals surface area contributed by atoms with E-state index in [1.807, 2.05) is 84.5 Å². The number of hydrogen-bond donors (Lipinski definition) is 1. The number of rotatable bonds is 10. The molecule has 1 aliphatic rings. The Morgan fingerprint density at radius 2 is 1.51 bits per heavy atom. The molecule has 41 heavy (non-hydrogen) atoms. The molecule has 7 nitrogen and oxygen atoms in total. The number of ether oxygens (including phenoxy) is 2. The van der Waals surface area contributed by atoms with E-state index in [1.165, 1.54) is 5.69 Å². The van der Waals surface area contributed by atoms with Gasteiger partial charge in [0, 0.05) is 43.9 Å². The van der Waals surface area contributed by atoms with Gasteiger partial charge in [0.25, 0.3) is 0 Å². The fourth-order valence-electron chi connectivity index (χ4n) is 5.56. The molecule has 1 N–H and O–H groups in total. The Bertz CT molecular complexity index is 1580. The predicted molar refractivity (Wildman–Crippen MR) is 162 cm³/mol. The van der Waals surface area contributed by atoms with Crippen LogP contribution >= 0.6 is 0 Å². The van der Waals surface area contributed by atoms with E-state index in [2.05, 4.69) is 23.1 Å². The Morgan fingerprint density at radius 3 is 2.20 bits per heavy atom. The van der Waals surface area contributed by atoms with Gasteiger partial charge in [-0.05, 0) is 60.6 Å². The van der Waals surface area contributed by atoms with Crippen LogP contribution in [0.15, 0.2) is 91.0 Å². The van der Waals surface area contributed by atoms with E-state index in [-0.39, 0.29) is 6.61 Å². The van der Waals surface area contributed by atoms with E-state index in [0.29, 0.717) is 30.9 Å². The summed E-state index contributed by atoms with van der Waals surface area (Å²) in [5.74, 6) is 1.62. The van der Waals surface area contributed by atoms with Gasteiger partial charge >= 0.3 is 0 Å². The smallest absolute Gasteiger partial charge is 0.226 e. The van der Waals surface area contributed by atoms with Crippen LogP contribution in [0.5, 0.6) is 11.8 Å². The first-order valence-electron chi connectivity index (χ1n) is 14.4. The number of aromatic nitrogens is 3. The van der Waals surface area contributed by atoms with Crippen LogP contribution in [0.3, 0.4) is 0 Å². The third-order valence-electron chi connectivity index (χ3n) is 7.89. The number of benzene rings is 3. The predicted octanol–water partition coefficient (Wildman–Crippen LogP) is 6.39. The molecule has 5 aromatic rings. The first kappa shape index (κ1) is 26.8. The Morgan fingerprint density at radius 1 is 0.829 bits per heavy atom. The van der Waals surface area contributed by atoms with Gasteiger partial charge in [-0.1, -0.05) is 60.7 Å². The number of aryl methyl sites for hydroxylation is 1. The van der Waals surface area contributed by atoms with Crippen LogP contribution in [0.2, 0.25) is 0 Å². The van der Waals surface area contributed by atoms with Gasteiger partial charge in [-0.25, -0.2) is 0 Å². The highest BCUT2D eigenvalue weighted by molar-refractivity contribution is 5.96. The van der Waals surface area contributed by atoms with Crippen LogP contribution < -0.4 is 14.4 Å². The highest BCUT2D eigenvalue weighted by atomic mass is 16.5. The molecule has 7 heteroatoms. The minimum absolute atomic E-state index is 0.278. The fourth-order valence-corrected chi connectivity index (χ4v) is 5.56. The lowest BCUT2D eigenvalue weighted by Gasteiger charge is -2.33. The SMILES string of the molecule is Cn1nc(-c2ccc(OCc3ccccc3)nc2OCc2ccccc2)c2ccc(N3CCC(CCO)CC3)cc21. The number of aliphatic hydroxyl groups excluding tert-OH is 1. The molecule has 2 aromatic heterocycles. The summed E-state index contributed by atoms with van der Waals surface area (Å²) in [6.45, 7) is 3.11. The Labute approximate surface area is 241 Å². The molecule has 1 saturated heterocycles. The lowest BCUT2D eigenvalue weighted by molar-refractivity contribution is 0.240. The average molecular weight is 549 g/mol. The van der Waals surface area contributed by atoms with Gasteiger partial charge in [-0.3, -0.25) is 4.68 Å². The van der Waals surface area contributed by atoms with Crippen LogP contribution in [-0.4, -0.2) is 39.6 Å². The maximum atomic E-state index is 9.30. The molecule has 210 valence electrons. The molecule has 0 radical (unpaired) electrons. The normalized spacial score (nSPS) is 14.0. The van der Waals surface area contributed by atoms with Gasteiger partial charge in [-0.2, -0.15) is 10.1 Å². The first-order chi connectivity index (χ1) is 20.2. The van der Waals surface area contributed by atoms with Crippen molar-refractivity contribution in [2.24, 2.45) is 13.0 Å². The monoisotopic (exact) mass is 548 g/mol. The van der Waals surface area contributed by atoms with E-state index in [9.17, 15) is 5.11 Å². The zero-order chi connectivity index (χ0) is 28.0. The minimum Gasteiger partial charge on any atom is -0.473 e. The number of hydrogen-bond acceptors (Lipinski definition) is 6. The number of fused-ring (bicyclic) bond motifs is 1. The van der Waals surface area contributed by atoms with Crippen molar-refractivity contribution in [3.63, 3.8) is 0 Å². The number of pyridine rings is 1. The summed E-state index contributed by atoms with van der Waals surface area (Å²) in [6.07, 6.45) is 3.13. The molecule has 1 aliphatic heterocycles. The van der Waals surface area contributed by atoms with Crippen LogP contribution in [0, 0.1) is 5.92 Å². The molecule has 6 rings (SSSR count). The molecule has 1 fully saturated rings. The molecule has 0 aliphatic carbocycles. The first-order valence-corrected chi connectivity index (χ1v) is 14.4. The lowest BCUT2D eigenvalue weighted by Crippen LogP contribution is -2.33. The molecule has 3 aromatic carbocycles. The highest BCUT2D eigenvalue weighted by Crippen LogP contribution is 2.37. The Balaban J connectivity index is 1.29. The van der Waals surface area contributed by atoms with Gasteiger partial charge in [0.2, 0.25) is 11.8 Å². The Kier molecular flexibility index (Phi) is 8.14. The molecule has 0 bridgehead atoms. The zero-order valence-corrected chi connectivity index (χ0v) is 23.4. The minimum atomic E-state index is 0.278. The summed E-state index contributed by atoms with van der Waals surface area (Å²) in [5, 5.41) is 15.3. The van der Waals surface area contributed by atoms with Crippen molar-refractivity contribution in [1.82, 2.24) is 14.8 Å². The molecule has 0 saturated carbocycles. The average Bonchev–Trinajstić information content (AvgIpc) is 3.36. The van der Waals surface area contributed by atoms with E-state index >= 15 is 0 Å². The van der Waals surface area contributed by atoms with Gasteiger partial charge in [0.05, 0.1) is 11.1 Å². The quantitative estimate of drug-likeness (QED) is 0.218. The van der Waals surface area contributed by atoms with Crippen molar-refractivity contribution in [2.75, 3.05) is 24.6 Å². The molecule has 0 amide bonds. The third kappa shape index (κ3) is 6.20. The lowest BCUT2D eigenvalue weighted by atomic mass is 9.93. The number of anilines is 1. The third-order valence-corrected chi connectivity index (χ3v) is 7.89. The van der Waals surface area contributed by atoms with E-state index in [4.69, 9.17) is 19.6 Å². The van der Waals surface area contributed by atoms with Crippen molar-refractivity contribution >= 4 is 16.6 Å². The van der Waals surface area contributed by atoms with E-state index < -0.39 is 0 Å².